The zero-order chi connectivity index (χ0) is 31.3. The molecule has 8 bridgehead atoms. The first kappa shape index (κ1) is 29.6. The van der Waals surface area contributed by atoms with Gasteiger partial charge >= 0.3 is 0 Å². The van der Waals surface area contributed by atoms with Gasteiger partial charge in [0.25, 0.3) is 0 Å². The number of H-pyrrole nitrogens is 2. The van der Waals surface area contributed by atoms with Crippen molar-refractivity contribution in [3.8, 4) is 22.5 Å². The van der Waals surface area contributed by atoms with Crippen LogP contribution in [0.25, 0.3) is 68.9 Å². The highest BCUT2D eigenvalue weighted by Gasteiger charge is 2.18. The van der Waals surface area contributed by atoms with E-state index in [1.165, 1.54) is 36.8 Å². The lowest BCUT2D eigenvalue weighted by molar-refractivity contribution is 0.713. The fourth-order valence-electron chi connectivity index (χ4n) is 6.51. The Bertz CT molecular complexity index is 2070. The summed E-state index contributed by atoms with van der Waals surface area (Å²) in [5.74, 6) is 0. The third kappa shape index (κ3) is 5.95. The van der Waals surface area contributed by atoms with Gasteiger partial charge in [-0.15, -0.1) is 0 Å². The van der Waals surface area contributed by atoms with Crippen molar-refractivity contribution in [1.82, 2.24) is 29.9 Å². The summed E-state index contributed by atoms with van der Waals surface area (Å²) in [6, 6.07) is 20.8. The summed E-state index contributed by atoms with van der Waals surface area (Å²) in [6.07, 6.45) is 21.2. The quantitative estimate of drug-likeness (QED) is 0.152. The smallest absolute Gasteiger partial charge is 0.0752 e. The average molecular weight is 605 g/mol. The first-order valence-corrected chi connectivity index (χ1v) is 16.7. The molecule has 5 aromatic heterocycles. The van der Waals surface area contributed by atoms with Gasteiger partial charge in [-0.05, 0) is 98.5 Å². The van der Waals surface area contributed by atoms with E-state index in [1.807, 2.05) is 36.7 Å². The van der Waals surface area contributed by atoms with E-state index >= 15 is 0 Å². The Labute approximate surface area is 270 Å². The zero-order valence-electron chi connectivity index (χ0n) is 26.7. The zero-order valence-corrected chi connectivity index (χ0v) is 26.7. The largest absolute Gasteiger partial charge is 0.355 e. The second-order valence-corrected chi connectivity index (χ2v) is 12.1. The molecule has 0 saturated heterocycles. The van der Waals surface area contributed by atoms with E-state index < -0.39 is 0 Å². The lowest BCUT2D eigenvalue weighted by atomic mass is 10.0. The van der Waals surface area contributed by atoms with Gasteiger partial charge in [-0.3, -0.25) is 9.97 Å². The average Bonchev–Trinajstić information content (AvgIpc) is 3.92. The third-order valence-corrected chi connectivity index (χ3v) is 8.87. The highest BCUT2D eigenvalue weighted by Crippen LogP contribution is 2.34. The maximum absolute atomic E-state index is 5.31. The number of pyridine rings is 2. The third-order valence-electron chi connectivity index (χ3n) is 8.87. The fourth-order valence-corrected chi connectivity index (χ4v) is 6.51. The number of aryl methyl sites for hydroxylation is 1. The van der Waals surface area contributed by atoms with E-state index in [1.54, 1.807) is 0 Å². The summed E-state index contributed by atoms with van der Waals surface area (Å²) in [5, 5.41) is 0. The molecule has 2 aliphatic rings. The van der Waals surface area contributed by atoms with Crippen molar-refractivity contribution in [2.45, 2.75) is 65.2 Å². The molecular weight excluding hydrogens is 564 g/mol. The van der Waals surface area contributed by atoms with Gasteiger partial charge in [0.05, 0.1) is 50.7 Å². The van der Waals surface area contributed by atoms with Gasteiger partial charge in [-0.2, -0.15) is 0 Å². The van der Waals surface area contributed by atoms with Gasteiger partial charge in [0.1, 0.15) is 0 Å². The van der Waals surface area contributed by atoms with E-state index in [4.69, 9.17) is 19.9 Å². The molecule has 0 spiro atoms. The summed E-state index contributed by atoms with van der Waals surface area (Å²) < 4.78 is 0. The van der Waals surface area contributed by atoms with Crippen molar-refractivity contribution in [3.63, 3.8) is 0 Å². The van der Waals surface area contributed by atoms with Crippen LogP contribution in [0.4, 0.5) is 0 Å². The lowest BCUT2D eigenvalue weighted by Gasteiger charge is -2.06. The number of aromatic amines is 2. The van der Waals surface area contributed by atoms with Crippen molar-refractivity contribution >= 4 is 46.4 Å². The van der Waals surface area contributed by atoms with Crippen LogP contribution in [-0.4, -0.2) is 29.9 Å². The summed E-state index contributed by atoms with van der Waals surface area (Å²) >= 11 is 0. The molecule has 7 rings (SSSR count). The van der Waals surface area contributed by atoms with Crippen LogP contribution in [0.3, 0.4) is 0 Å². The van der Waals surface area contributed by atoms with E-state index in [0.717, 1.165) is 93.0 Å². The van der Waals surface area contributed by atoms with Gasteiger partial charge in [0, 0.05) is 40.2 Å². The van der Waals surface area contributed by atoms with E-state index in [-0.39, 0.29) is 0 Å². The van der Waals surface area contributed by atoms with Gasteiger partial charge in [-0.25, -0.2) is 9.97 Å². The van der Waals surface area contributed by atoms with Crippen molar-refractivity contribution in [1.29, 1.82) is 0 Å². The Kier molecular flexibility index (Phi) is 8.68. The van der Waals surface area contributed by atoms with Crippen molar-refractivity contribution in [2.75, 3.05) is 0 Å². The van der Waals surface area contributed by atoms with Gasteiger partial charge in [0.15, 0.2) is 0 Å². The van der Waals surface area contributed by atoms with Crippen LogP contribution in [0.5, 0.6) is 0 Å². The molecule has 6 nitrogen and oxygen atoms in total. The maximum atomic E-state index is 5.31. The van der Waals surface area contributed by atoms with Crippen molar-refractivity contribution in [2.24, 2.45) is 0 Å². The Morgan fingerprint density at radius 1 is 0.478 bits per heavy atom. The molecule has 230 valence electrons. The van der Waals surface area contributed by atoms with Crippen molar-refractivity contribution in [3.05, 3.63) is 107 Å². The molecule has 0 aliphatic carbocycles. The maximum Gasteiger partial charge on any atom is 0.0752 e. The molecule has 2 aliphatic heterocycles. The fraction of sp³-hybridized carbons (Fsp3) is 0.250. The van der Waals surface area contributed by atoms with E-state index in [9.17, 15) is 0 Å². The first-order chi connectivity index (χ1) is 22.7. The van der Waals surface area contributed by atoms with Gasteiger partial charge in [-0.1, -0.05) is 51.7 Å². The summed E-state index contributed by atoms with van der Waals surface area (Å²) in [7, 11) is 0. The highest BCUT2D eigenvalue weighted by atomic mass is 14.8. The number of nitrogens with zero attached hydrogens (tertiary/aromatic N) is 4. The van der Waals surface area contributed by atoms with Crippen molar-refractivity contribution < 1.29 is 0 Å². The van der Waals surface area contributed by atoms with E-state index in [2.05, 4.69) is 84.5 Å². The Hall–Kier alpha value is -5.10. The minimum atomic E-state index is 0.871. The molecule has 5 aromatic rings. The summed E-state index contributed by atoms with van der Waals surface area (Å²) in [4.78, 5) is 27.7. The van der Waals surface area contributed by atoms with Crippen LogP contribution in [0.1, 0.15) is 86.3 Å². The van der Waals surface area contributed by atoms with Gasteiger partial charge in [0.2, 0.25) is 0 Å². The molecule has 0 amide bonds. The molecule has 6 heteroatoms. The summed E-state index contributed by atoms with van der Waals surface area (Å²) in [5.41, 5.74) is 14.2. The molecule has 46 heavy (non-hydrogen) atoms. The lowest BCUT2D eigenvalue weighted by Crippen LogP contribution is -1.96. The normalized spacial score (nSPS) is 12.2. The topological polar surface area (TPSA) is 83.1 Å². The van der Waals surface area contributed by atoms with Crippen LogP contribution in [-0.2, 0) is 12.8 Å². The summed E-state index contributed by atoms with van der Waals surface area (Å²) in [6.45, 7) is 4.50. The molecule has 7 heterocycles. The number of hydrogen-bond acceptors (Lipinski definition) is 4. The number of rotatable bonds is 10. The second-order valence-electron chi connectivity index (χ2n) is 12.1. The van der Waals surface area contributed by atoms with E-state index in [0.29, 0.717) is 0 Å². The molecule has 0 fully saturated rings. The standard InChI is InChI=1S/C40H40N6/c1-3-5-7-13-27-29-17-18-30(43-29)28(14-8-6-4-2)32-20-22-36(45-32)40(34-16-10-12-26-42-34)38-24-23-37(46-38)39(33-15-9-11-25-41-33)35-21-19-31(27)44-35/h9-12,15-26,44,46H,3-8,13-14H2,1-2H3. The molecule has 0 aromatic carbocycles. The van der Waals surface area contributed by atoms with Gasteiger partial charge < -0.3 is 9.97 Å². The predicted molar refractivity (Wildman–Crippen MR) is 192 cm³/mol. The first-order valence-electron chi connectivity index (χ1n) is 16.7. The van der Waals surface area contributed by atoms with Crippen LogP contribution < -0.4 is 0 Å². The SMILES string of the molecule is CCCCCc1c2nc(c(CCCCC)c3ccc([nH]3)c(-c3ccccn3)c3ccc([nH]3)c(-c3ccccn3)c3nc1C=C3)C=C2. The Balaban J connectivity index is 1.60. The predicted octanol–water partition coefficient (Wildman–Crippen LogP) is 10.2. The number of nitrogens with one attached hydrogen (secondary N) is 2. The molecular formula is C40H40N6. The number of fused-ring (bicyclic) bond motifs is 8. The Morgan fingerprint density at radius 2 is 0.957 bits per heavy atom. The minimum absolute atomic E-state index is 0.871. The van der Waals surface area contributed by atoms with Crippen LogP contribution in [0, 0.1) is 0 Å². The van der Waals surface area contributed by atoms with Crippen LogP contribution in [0.15, 0.2) is 73.1 Å². The number of aromatic nitrogens is 6. The molecule has 2 N–H and O–H groups in total. The van der Waals surface area contributed by atoms with Crippen LogP contribution in [0.2, 0.25) is 0 Å². The minimum Gasteiger partial charge on any atom is -0.355 e. The molecule has 0 atom stereocenters. The molecule has 0 radical (unpaired) electrons. The monoisotopic (exact) mass is 604 g/mol. The van der Waals surface area contributed by atoms with Crippen LogP contribution >= 0.6 is 0 Å². The number of unbranched alkanes of at least 4 members (excludes halogenated alkanes) is 4. The Morgan fingerprint density at radius 3 is 1.54 bits per heavy atom. The second kappa shape index (κ2) is 13.5. The molecule has 0 saturated carbocycles. The molecule has 0 unspecified atom stereocenters. The highest BCUT2D eigenvalue weighted by molar-refractivity contribution is 5.96. The number of hydrogen-bond donors (Lipinski definition) is 2.